The van der Waals surface area contributed by atoms with Crippen LogP contribution in [0.15, 0.2) is 24.3 Å². The van der Waals surface area contributed by atoms with Crippen LogP contribution in [0.1, 0.15) is 43.2 Å². The zero-order chi connectivity index (χ0) is 20.3. The third-order valence-corrected chi connectivity index (χ3v) is 5.75. The molecule has 9 heteroatoms. The Hall–Kier alpha value is -1.80. The third kappa shape index (κ3) is 5.85. The second kappa shape index (κ2) is 9.80. The smallest absolute Gasteiger partial charge is 0.353 e. The predicted octanol–water partition coefficient (Wildman–Crippen LogP) is 3.11. The number of rotatable bonds is 5. The van der Waals surface area contributed by atoms with Crippen LogP contribution in [0.25, 0.3) is 0 Å². The highest BCUT2D eigenvalue weighted by Gasteiger charge is 2.36. The van der Waals surface area contributed by atoms with Crippen LogP contribution < -0.4 is 11.1 Å². The summed E-state index contributed by atoms with van der Waals surface area (Å²) >= 11 is 0. The Bertz CT molecular complexity index is 729. The van der Waals surface area contributed by atoms with E-state index in [9.17, 15) is 22.8 Å². The summed E-state index contributed by atoms with van der Waals surface area (Å²) in [6.07, 6.45) is -0.291. The summed E-state index contributed by atoms with van der Waals surface area (Å²) in [6, 6.07) is 4.99. The van der Waals surface area contributed by atoms with Crippen molar-refractivity contribution in [1.29, 1.82) is 0 Å². The Morgan fingerprint density at radius 3 is 2.66 bits per heavy atom. The number of nitrogens with two attached hydrogens (primary N) is 1. The normalized spacial score (nSPS) is 24.9. The predicted molar refractivity (Wildman–Crippen MR) is 105 cm³/mol. The Kier molecular flexibility index (Phi) is 7.94. The molecule has 3 rings (SSSR count). The molecule has 3 N–H and O–H groups in total. The molecule has 1 aromatic rings. The molecular formula is C20H27ClF3N3O2. The van der Waals surface area contributed by atoms with Crippen molar-refractivity contribution in [3.8, 4) is 0 Å². The van der Waals surface area contributed by atoms with Gasteiger partial charge in [0.2, 0.25) is 11.8 Å². The van der Waals surface area contributed by atoms with Crippen molar-refractivity contribution >= 4 is 24.2 Å². The molecule has 3 atom stereocenters. The van der Waals surface area contributed by atoms with E-state index >= 15 is 0 Å². The average molecular weight is 434 g/mol. The van der Waals surface area contributed by atoms with E-state index in [1.165, 1.54) is 11.0 Å². The van der Waals surface area contributed by atoms with Gasteiger partial charge in [0.05, 0.1) is 11.5 Å². The fraction of sp³-hybridized carbons (Fsp3) is 0.600. The molecule has 5 nitrogen and oxygen atoms in total. The highest BCUT2D eigenvalue weighted by atomic mass is 35.5. The summed E-state index contributed by atoms with van der Waals surface area (Å²) in [5.74, 6) is -0.587. The van der Waals surface area contributed by atoms with E-state index in [-0.39, 0.29) is 55.7 Å². The molecular weight excluding hydrogens is 407 g/mol. The average Bonchev–Trinajstić information content (AvgIpc) is 3.02. The Morgan fingerprint density at radius 1 is 1.24 bits per heavy atom. The Balaban J connectivity index is 0.00000300. The first-order valence-corrected chi connectivity index (χ1v) is 9.72. The summed E-state index contributed by atoms with van der Waals surface area (Å²) in [5.41, 5.74) is 5.46. The molecule has 2 aliphatic rings. The van der Waals surface area contributed by atoms with Gasteiger partial charge in [0, 0.05) is 25.6 Å². The molecule has 1 saturated heterocycles. The maximum atomic E-state index is 12.9. The molecule has 2 amide bonds. The minimum atomic E-state index is -4.42. The number of benzene rings is 1. The molecule has 1 aliphatic heterocycles. The van der Waals surface area contributed by atoms with E-state index in [1.807, 2.05) is 0 Å². The number of amides is 2. The number of hydrogen-bond donors (Lipinski definition) is 2. The number of hydrogen-bond acceptors (Lipinski definition) is 3. The van der Waals surface area contributed by atoms with Gasteiger partial charge in [-0.05, 0) is 43.0 Å². The van der Waals surface area contributed by atoms with Crippen molar-refractivity contribution in [2.45, 2.75) is 50.9 Å². The molecule has 3 unspecified atom stereocenters. The maximum absolute atomic E-state index is 12.9. The van der Waals surface area contributed by atoms with Crippen molar-refractivity contribution in [2.24, 2.45) is 17.6 Å². The lowest BCUT2D eigenvalue weighted by Crippen LogP contribution is -2.47. The van der Waals surface area contributed by atoms with Gasteiger partial charge in [-0.25, -0.2) is 0 Å². The molecule has 29 heavy (non-hydrogen) atoms. The number of alkyl halides is 3. The van der Waals surface area contributed by atoms with Crippen LogP contribution >= 0.6 is 12.4 Å². The van der Waals surface area contributed by atoms with Crippen LogP contribution in [0.2, 0.25) is 0 Å². The number of nitrogens with zero attached hydrogens (tertiary/aromatic N) is 1. The Labute approximate surface area is 174 Å². The van der Waals surface area contributed by atoms with E-state index in [1.54, 1.807) is 6.07 Å². The topological polar surface area (TPSA) is 75.4 Å². The van der Waals surface area contributed by atoms with Crippen LogP contribution in [0.3, 0.4) is 0 Å². The van der Waals surface area contributed by atoms with Gasteiger partial charge >= 0.3 is 6.18 Å². The SMILES string of the molecule is Cl.NCC1CCCCC1NC(=O)C1CC(=O)N(Cc2cccc(C(F)(F)F)c2)C1. The fourth-order valence-electron chi connectivity index (χ4n) is 4.15. The number of carbonyl (C=O) groups is 2. The van der Waals surface area contributed by atoms with E-state index in [0.717, 1.165) is 37.8 Å². The molecule has 0 bridgehead atoms. The zero-order valence-electron chi connectivity index (χ0n) is 16.1. The first kappa shape index (κ1) is 23.5. The summed E-state index contributed by atoms with van der Waals surface area (Å²) < 4.78 is 38.6. The lowest BCUT2D eigenvalue weighted by molar-refractivity contribution is -0.137. The minimum Gasteiger partial charge on any atom is -0.353 e. The standard InChI is InChI=1S/C20H26F3N3O2.ClH/c21-20(22,23)16-6-3-4-13(8-16)11-26-12-15(9-18(26)27)19(28)25-17-7-2-1-5-14(17)10-24;/h3-4,6,8,14-15,17H,1-2,5,7,9-12,24H2,(H,25,28);1H. The quantitative estimate of drug-likeness (QED) is 0.749. The molecule has 0 radical (unpaired) electrons. The van der Waals surface area contributed by atoms with Gasteiger partial charge in [-0.15, -0.1) is 12.4 Å². The van der Waals surface area contributed by atoms with Crippen LogP contribution in [0, 0.1) is 11.8 Å². The van der Waals surface area contributed by atoms with Crippen LogP contribution in [0.5, 0.6) is 0 Å². The van der Waals surface area contributed by atoms with E-state index in [2.05, 4.69) is 5.32 Å². The maximum Gasteiger partial charge on any atom is 0.416 e. The molecule has 162 valence electrons. The van der Waals surface area contributed by atoms with Crippen LogP contribution in [-0.4, -0.2) is 35.8 Å². The molecule has 1 aromatic carbocycles. The number of halogens is 4. The van der Waals surface area contributed by atoms with E-state index < -0.39 is 17.7 Å². The van der Waals surface area contributed by atoms with Gasteiger partial charge in [0.25, 0.3) is 0 Å². The minimum absolute atomic E-state index is 0. The third-order valence-electron chi connectivity index (χ3n) is 5.75. The molecule has 1 aliphatic carbocycles. The number of nitrogens with one attached hydrogen (secondary N) is 1. The van der Waals surface area contributed by atoms with Gasteiger partial charge in [0.1, 0.15) is 0 Å². The second-order valence-electron chi connectivity index (χ2n) is 7.77. The van der Waals surface area contributed by atoms with Crippen molar-refractivity contribution in [1.82, 2.24) is 10.2 Å². The van der Waals surface area contributed by atoms with Gasteiger partial charge in [-0.2, -0.15) is 13.2 Å². The van der Waals surface area contributed by atoms with Gasteiger partial charge < -0.3 is 16.0 Å². The highest BCUT2D eigenvalue weighted by molar-refractivity contribution is 5.89. The van der Waals surface area contributed by atoms with Crippen molar-refractivity contribution < 1.29 is 22.8 Å². The molecule has 1 saturated carbocycles. The highest BCUT2D eigenvalue weighted by Crippen LogP contribution is 2.30. The summed E-state index contributed by atoms with van der Waals surface area (Å²) in [5, 5.41) is 3.05. The van der Waals surface area contributed by atoms with Gasteiger partial charge in [-0.3, -0.25) is 9.59 Å². The van der Waals surface area contributed by atoms with Crippen molar-refractivity contribution in [3.63, 3.8) is 0 Å². The first-order valence-electron chi connectivity index (χ1n) is 9.72. The lowest BCUT2D eigenvalue weighted by atomic mass is 9.84. The summed E-state index contributed by atoms with van der Waals surface area (Å²) in [4.78, 5) is 26.4. The van der Waals surface area contributed by atoms with Crippen molar-refractivity contribution in [3.05, 3.63) is 35.4 Å². The van der Waals surface area contributed by atoms with Gasteiger partial charge in [-0.1, -0.05) is 25.0 Å². The molecule has 1 heterocycles. The van der Waals surface area contributed by atoms with Gasteiger partial charge in [0.15, 0.2) is 0 Å². The molecule has 2 fully saturated rings. The van der Waals surface area contributed by atoms with Crippen LogP contribution in [0.4, 0.5) is 13.2 Å². The summed E-state index contributed by atoms with van der Waals surface area (Å²) in [7, 11) is 0. The second-order valence-corrected chi connectivity index (χ2v) is 7.77. The first-order chi connectivity index (χ1) is 13.3. The zero-order valence-corrected chi connectivity index (χ0v) is 16.9. The molecule has 0 aromatic heterocycles. The largest absolute Gasteiger partial charge is 0.416 e. The van der Waals surface area contributed by atoms with E-state index in [0.29, 0.717) is 12.1 Å². The number of carbonyl (C=O) groups excluding carboxylic acids is 2. The fourth-order valence-corrected chi connectivity index (χ4v) is 4.15. The van der Waals surface area contributed by atoms with Crippen molar-refractivity contribution in [2.75, 3.05) is 13.1 Å². The molecule has 0 spiro atoms. The summed E-state index contributed by atoms with van der Waals surface area (Å²) in [6.45, 7) is 0.818. The monoisotopic (exact) mass is 433 g/mol. The lowest BCUT2D eigenvalue weighted by Gasteiger charge is -2.32. The number of likely N-dealkylation sites (tertiary alicyclic amines) is 1. The van der Waals surface area contributed by atoms with E-state index in [4.69, 9.17) is 5.73 Å². The Morgan fingerprint density at radius 2 is 1.97 bits per heavy atom. The van der Waals surface area contributed by atoms with Crippen LogP contribution in [-0.2, 0) is 22.3 Å².